The molecule has 0 radical (unpaired) electrons. The molecule has 0 unspecified atom stereocenters. The van der Waals surface area contributed by atoms with E-state index in [1.165, 1.54) is 24.3 Å². The highest BCUT2D eigenvalue weighted by Gasteiger charge is 2.33. The van der Waals surface area contributed by atoms with Crippen LogP contribution in [0.25, 0.3) is 0 Å². The average molecular weight is 350 g/mol. The number of nitrogens with one attached hydrogen (secondary N) is 1. The summed E-state index contributed by atoms with van der Waals surface area (Å²) in [4.78, 5) is 33.6. The summed E-state index contributed by atoms with van der Waals surface area (Å²) in [6.07, 6.45) is 0.662. The molecule has 1 amide bonds. The maximum absolute atomic E-state index is 12.0. The van der Waals surface area contributed by atoms with Crippen molar-refractivity contribution in [3.05, 3.63) is 39.9 Å². The summed E-state index contributed by atoms with van der Waals surface area (Å²) in [5, 5.41) is 13.3. The molecule has 0 spiro atoms. The summed E-state index contributed by atoms with van der Waals surface area (Å²) in [6.45, 7) is 5.86. The van der Waals surface area contributed by atoms with Crippen molar-refractivity contribution in [2.24, 2.45) is 5.92 Å². The number of nitrogens with zero attached hydrogens (tertiary/aromatic N) is 1. The molecule has 0 bridgehead atoms. The fraction of sp³-hybridized carbons (Fsp3) is 0.529. The molecule has 1 saturated carbocycles. The Hall–Kier alpha value is -2.64. The molecule has 0 saturated heterocycles. The van der Waals surface area contributed by atoms with Crippen molar-refractivity contribution >= 4 is 17.7 Å². The number of ether oxygens (including phenoxy) is 2. The first-order valence-corrected chi connectivity index (χ1v) is 8.06. The minimum absolute atomic E-state index is 0.0755. The smallest absolute Gasteiger partial charge is 0.407 e. The largest absolute Gasteiger partial charge is 0.459 e. The summed E-state index contributed by atoms with van der Waals surface area (Å²) in [6, 6.07) is 5.29. The van der Waals surface area contributed by atoms with Crippen LogP contribution < -0.4 is 5.32 Å². The Kier molecular flexibility index (Phi) is 5.61. The van der Waals surface area contributed by atoms with Gasteiger partial charge in [-0.15, -0.1) is 0 Å². The van der Waals surface area contributed by atoms with Gasteiger partial charge in [0.1, 0.15) is 11.7 Å². The Labute approximate surface area is 145 Å². The van der Waals surface area contributed by atoms with Gasteiger partial charge in [-0.3, -0.25) is 10.1 Å². The summed E-state index contributed by atoms with van der Waals surface area (Å²) in [5.41, 5.74) is -0.332. The lowest BCUT2D eigenvalue weighted by Gasteiger charge is -2.34. The Balaban J connectivity index is 1.70. The van der Waals surface area contributed by atoms with Gasteiger partial charge in [0.15, 0.2) is 0 Å². The fourth-order valence-electron chi connectivity index (χ4n) is 2.42. The molecule has 8 heteroatoms. The van der Waals surface area contributed by atoms with Gasteiger partial charge in [-0.1, -0.05) is 0 Å². The first-order chi connectivity index (χ1) is 11.6. The number of nitro groups is 1. The van der Waals surface area contributed by atoms with Crippen LogP contribution in [0.2, 0.25) is 0 Å². The second kappa shape index (κ2) is 7.50. The van der Waals surface area contributed by atoms with E-state index in [4.69, 9.17) is 9.47 Å². The van der Waals surface area contributed by atoms with Crippen molar-refractivity contribution in [1.82, 2.24) is 5.32 Å². The Morgan fingerprint density at radius 2 is 1.84 bits per heavy atom. The highest BCUT2D eigenvalue weighted by atomic mass is 16.6. The van der Waals surface area contributed by atoms with Crippen LogP contribution in [0.15, 0.2) is 24.3 Å². The number of benzene rings is 1. The van der Waals surface area contributed by atoms with E-state index in [2.05, 4.69) is 5.32 Å². The van der Waals surface area contributed by atoms with Gasteiger partial charge in [0, 0.05) is 18.7 Å². The van der Waals surface area contributed by atoms with E-state index in [-0.39, 0.29) is 23.3 Å². The molecule has 8 nitrogen and oxygen atoms in total. The predicted octanol–water partition coefficient (Wildman–Crippen LogP) is 3.05. The first kappa shape index (κ1) is 18.7. The van der Waals surface area contributed by atoms with Crippen LogP contribution in [-0.4, -0.2) is 35.2 Å². The monoisotopic (exact) mass is 350 g/mol. The SMILES string of the molecule is CC(C)(C)OC(=O)NCC1CC(OC(=O)c2ccc([N+](=O)[O-])cc2)C1. The van der Waals surface area contributed by atoms with Crippen LogP contribution in [0, 0.1) is 16.0 Å². The zero-order valence-corrected chi connectivity index (χ0v) is 14.5. The van der Waals surface area contributed by atoms with Gasteiger partial charge in [0.2, 0.25) is 0 Å². The van der Waals surface area contributed by atoms with Crippen molar-refractivity contribution in [3.8, 4) is 0 Å². The predicted molar refractivity (Wildman–Crippen MR) is 89.3 cm³/mol. The third kappa shape index (κ3) is 5.74. The molecule has 1 fully saturated rings. The summed E-state index contributed by atoms with van der Waals surface area (Å²) < 4.78 is 10.5. The van der Waals surface area contributed by atoms with Crippen molar-refractivity contribution < 1.29 is 24.0 Å². The van der Waals surface area contributed by atoms with Gasteiger partial charge < -0.3 is 14.8 Å². The second-order valence-corrected chi connectivity index (χ2v) is 7.05. The molecule has 1 aliphatic rings. The van der Waals surface area contributed by atoms with E-state index in [0.717, 1.165) is 0 Å². The van der Waals surface area contributed by atoms with Crippen molar-refractivity contribution in [2.75, 3.05) is 6.54 Å². The molecule has 0 atom stereocenters. The van der Waals surface area contributed by atoms with Gasteiger partial charge in [-0.05, 0) is 51.7 Å². The zero-order chi connectivity index (χ0) is 18.6. The summed E-state index contributed by atoms with van der Waals surface area (Å²) >= 11 is 0. The van der Waals surface area contributed by atoms with E-state index in [9.17, 15) is 19.7 Å². The Morgan fingerprint density at radius 3 is 2.36 bits per heavy atom. The maximum atomic E-state index is 12.0. The van der Waals surface area contributed by atoms with Crippen LogP contribution in [0.5, 0.6) is 0 Å². The highest BCUT2D eigenvalue weighted by molar-refractivity contribution is 5.89. The fourth-order valence-corrected chi connectivity index (χ4v) is 2.42. The Morgan fingerprint density at radius 1 is 1.24 bits per heavy atom. The number of esters is 1. The Bertz CT molecular complexity index is 644. The van der Waals surface area contributed by atoms with Crippen molar-refractivity contribution in [3.63, 3.8) is 0 Å². The number of hydrogen-bond acceptors (Lipinski definition) is 6. The summed E-state index contributed by atoms with van der Waals surface area (Å²) in [7, 11) is 0. The van der Waals surface area contributed by atoms with Gasteiger partial charge in [0.05, 0.1) is 10.5 Å². The van der Waals surface area contributed by atoms with Crippen LogP contribution in [0.1, 0.15) is 44.0 Å². The van der Waals surface area contributed by atoms with E-state index in [1.807, 2.05) is 0 Å². The van der Waals surface area contributed by atoms with Gasteiger partial charge in [-0.2, -0.15) is 0 Å². The number of hydrogen-bond donors (Lipinski definition) is 1. The lowest BCUT2D eigenvalue weighted by atomic mass is 9.82. The molecule has 0 aliphatic heterocycles. The summed E-state index contributed by atoms with van der Waals surface area (Å²) in [5.74, 6) is -0.263. The van der Waals surface area contributed by atoms with Crippen LogP contribution >= 0.6 is 0 Å². The lowest BCUT2D eigenvalue weighted by molar-refractivity contribution is -0.384. The molecular formula is C17H22N2O6. The third-order valence-corrected chi connectivity index (χ3v) is 3.71. The molecule has 0 heterocycles. The second-order valence-electron chi connectivity index (χ2n) is 7.05. The van der Waals surface area contributed by atoms with Crippen LogP contribution in [0.4, 0.5) is 10.5 Å². The standard InChI is InChI=1S/C17H22N2O6/c1-17(2,3)25-16(21)18-10-11-8-14(9-11)24-15(20)12-4-6-13(7-5-12)19(22)23/h4-7,11,14H,8-10H2,1-3H3,(H,18,21). The lowest BCUT2D eigenvalue weighted by Crippen LogP contribution is -2.42. The number of alkyl carbamates (subject to hydrolysis) is 1. The molecule has 25 heavy (non-hydrogen) atoms. The van der Waals surface area contributed by atoms with E-state index < -0.39 is 22.6 Å². The molecule has 1 aliphatic carbocycles. The normalized spacial score (nSPS) is 19.5. The third-order valence-electron chi connectivity index (χ3n) is 3.71. The van der Waals surface area contributed by atoms with Gasteiger partial charge >= 0.3 is 12.1 Å². The van der Waals surface area contributed by atoms with Gasteiger partial charge in [0.25, 0.3) is 5.69 Å². The molecule has 1 N–H and O–H groups in total. The number of carbonyl (C=O) groups excluding carboxylic acids is 2. The quantitative estimate of drug-likeness (QED) is 0.497. The van der Waals surface area contributed by atoms with Crippen LogP contribution in [0.3, 0.4) is 0 Å². The molecule has 2 rings (SSSR count). The molecule has 1 aromatic rings. The molecule has 0 aromatic heterocycles. The first-order valence-electron chi connectivity index (χ1n) is 8.06. The van der Waals surface area contributed by atoms with Crippen LogP contribution in [-0.2, 0) is 9.47 Å². The van der Waals surface area contributed by atoms with Crippen molar-refractivity contribution in [2.45, 2.75) is 45.3 Å². The van der Waals surface area contributed by atoms with Crippen molar-refractivity contribution in [1.29, 1.82) is 0 Å². The molecule has 1 aromatic carbocycles. The van der Waals surface area contributed by atoms with E-state index in [1.54, 1.807) is 20.8 Å². The number of amides is 1. The minimum atomic E-state index is -0.535. The number of nitro benzene ring substituents is 1. The highest BCUT2D eigenvalue weighted by Crippen LogP contribution is 2.30. The maximum Gasteiger partial charge on any atom is 0.407 e. The topological polar surface area (TPSA) is 108 Å². The number of carbonyl (C=O) groups is 2. The number of non-ortho nitro benzene ring substituents is 1. The minimum Gasteiger partial charge on any atom is -0.459 e. The molecule has 136 valence electrons. The number of rotatable bonds is 5. The molecular weight excluding hydrogens is 328 g/mol. The van der Waals surface area contributed by atoms with E-state index >= 15 is 0 Å². The zero-order valence-electron chi connectivity index (χ0n) is 14.5. The van der Waals surface area contributed by atoms with Gasteiger partial charge in [-0.25, -0.2) is 9.59 Å². The average Bonchev–Trinajstić information content (AvgIpc) is 2.47. The van der Waals surface area contributed by atoms with E-state index in [0.29, 0.717) is 19.4 Å².